The number of hydrogen-bond donors (Lipinski definition) is 0. The Labute approximate surface area is 126 Å². The van der Waals surface area contributed by atoms with E-state index in [2.05, 4.69) is 27.0 Å². The third kappa shape index (κ3) is 5.45. The summed E-state index contributed by atoms with van der Waals surface area (Å²) in [6, 6.07) is 3.91. The number of hydrogen-bond acceptors (Lipinski definition) is 4. The fourth-order valence-corrected chi connectivity index (χ4v) is 2.26. The molecule has 2 heterocycles. The summed E-state index contributed by atoms with van der Waals surface area (Å²) in [6.45, 7) is 5.33. The molecule has 0 N–H and O–H groups in total. The van der Waals surface area contributed by atoms with Crippen LogP contribution in [0.15, 0.2) is 35.7 Å². The summed E-state index contributed by atoms with van der Waals surface area (Å²) in [7, 11) is 0. The number of aromatic nitrogens is 4. The number of aliphatic imine (C=N–C) groups is 1. The second-order valence-corrected chi connectivity index (χ2v) is 5.18. The van der Waals surface area contributed by atoms with Crippen LogP contribution in [-0.2, 0) is 6.54 Å². The molecule has 2 rings (SSSR count). The first-order chi connectivity index (χ1) is 10.4. The molecule has 0 amide bonds. The molecule has 0 saturated heterocycles. The van der Waals surface area contributed by atoms with Crippen molar-refractivity contribution in [2.24, 2.45) is 4.99 Å². The van der Waals surface area contributed by atoms with Crippen LogP contribution in [0.4, 0.5) is 0 Å². The summed E-state index contributed by atoms with van der Waals surface area (Å²) in [5, 5.41) is 8.36. The van der Waals surface area contributed by atoms with Gasteiger partial charge in [0, 0.05) is 31.0 Å². The third-order valence-electron chi connectivity index (χ3n) is 3.45. The van der Waals surface area contributed by atoms with Crippen LogP contribution < -0.4 is 0 Å². The molecule has 2 aromatic heterocycles. The molecule has 5 nitrogen and oxygen atoms in total. The van der Waals surface area contributed by atoms with Crippen molar-refractivity contribution in [2.45, 2.75) is 45.1 Å². The van der Waals surface area contributed by atoms with E-state index in [4.69, 9.17) is 0 Å². The Morgan fingerprint density at radius 2 is 1.90 bits per heavy atom. The number of rotatable bonds is 10. The van der Waals surface area contributed by atoms with Gasteiger partial charge in [-0.2, -0.15) is 0 Å². The van der Waals surface area contributed by atoms with Gasteiger partial charge >= 0.3 is 0 Å². The highest BCUT2D eigenvalue weighted by Gasteiger charge is 2.03. The van der Waals surface area contributed by atoms with Gasteiger partial charge in [-0.3, -0.25) is 9.67 Å². The molecule has 0 aliphatic carbocycles. The summed E-state index contributed by atoms with van der Waals surface area (Å²) in [5.74, 6) is 0. The summed E-state index contributed by atoms with van der Waals surface area (Å²) in [4.78, 5) is 7.96. The minimum absolute atomic E-state index is 0.889. The lowest BCUT2D eigenvalue weighted by Crippen LogP contribution is -1.98. The van der Waals surface area contributed by atoms with Crippen LogP contribution in [-0.4, -0.2) is 33.2 Å². The van der Waals surface area contributed by atoms with E-state index in [0.29, 0.717) is 0 Å². The van der Waals surface area contributed by atoms with Crippen LogP contribution >= 0.6 is 0 Å². The number of unbranched alkanes of at least 4 members (excludes halogenated alkanes) is 5. The lowest BCUT2D eigenvalue weighted by molar-refractivity contribution is 0.515. The van der Waals surface area contributed by atoms with Gasteiger partial charge in [0.25, 0.3) is 0 Å². The highest BCUT2D eigenvalue weighted by atomic mass is 15.4. The molecule has 0 aromatic carbocycles. The van der Waals surface area contributed by atoms with E-state index in [0.717, 1.165) is 30.8 Å². The summed E-state index contributed by atoms with van der Waals surface area (Å²) < 4.78 is 1.92. The molecule has 112 valence electrons. The zero-order valence-electron chi connectivity index (χ0n) is 12.5. The van der Waals surface area contributed by atoms with Gasteiger partial charge in [0.1, 0.15) is 5.69 Å². The Morgan fingerprint density at radius 3 is 2.67 bits per heavy atom. The topological polar surface area (TPSA) is 56.0 Å². The molecular formula is C16H23N5. The van der Waals surface area contributed by atoms with Crippen molar-refractivity contribution in [1.82, 2.24) is 20.0 Å². The van der Waals surface area contributed by atoms with Gasteiger partial charge < -0.3 is 4.99 Å². The van der Waals surface area contributed by atoms with Crippen molar-refractivity contribution in [3.63, 3.8) is 0 Å². The molecular weight excluding hydrogens is 262 g/mol. The molecule has 2 aromatic rings. The normalized spacial score (nSPS) is 10.7. The van der Waals surface area contributed by atoms with Crippen molar-refractivity contribution in [3.05, 3.63) is 30.7 Å². The van der Waals surface area contributed by atoms with Gasteiger partial charge in [-0.05, 0) is 31.7 Å². The zero-order valence-corrected chi connectivity index (χ0v) is 12.5. The minimum Gasteiger partial charge on any atom is -0.301 e. The van der Waals surface area contributed by atoms with Crippen molar-refractivity contribution in [3.8, 4) is 11.3 Å². The number of aryl methyl sites for hydroxylation is 1. The standard InChI is InChI=1S/C16H23N5/c1-17-10-6-4-2-3-5-7-12-21-14-16(19-20-21)15-9-8-11-18-13-15/h8-9,11,13-14H,1-7,10,12H2. The van der Waals surface area contributed by atoms with Crippen LogP contribution in [0.1, 0.15) is 38.5 Å². The molecule has 5 heteroatoms. The maximum Gasteiger partial charge on any atom is 0.114 e. The molecule has 0 fully saturated rings. The van der Waals surface area contributed by atoms with E-state index in [-0.39, 0.29) is 0 Å². The van der Waals surface area contributed by atoms with Gasteiger partial charge in [-0.15, -0.1) is 5.10 Å². The summed E-state index contributed by atoms with van der Waals surface area (Å²) in [6.07, 6.45) is 12.9. The summed E-state index contributed by atoms with van der Waals surface area (Å²) >= 11 is 0. The van der Waals surface area contributed by atoms with E-state index in [1.54, 1.807) is 6.20 Å². The average Bonchev–Trinajstić information content (AvgIpc) is 3.00. The monoisotopic (exact) mass is 285 g/mol. The minimum atomic E-state index is 0.889. The Kier molecular flexibility index (Phi) is 6.58. The van der Waals surface area contributed by atoms with Gasteiger partial charge in [0.15, 0.2) is 0 Å². The van der Waals surface area contributed by atoms with Gasteiger partial charge in [-0.25, -0.2) is 0 Å². The molecule has 0 unspecified atom stereocenters. The molecule has 0 aliphatic rings. The molecule has 0 radical (unpaired) electrons. The molecule has 0 atom stereocenters. The van der Waals surface area contributed by atoms with Crippen LogP contribution in [0.3, 0.4) is 0 Å². The molecule has 0 aliphatic heterocycles. The zero-order chi connectivity index (χ0) is 14.8. The fourth-order valence-electron chi connectivity index (χ4n) is 2.26. The Morgan fingerprint density at radius 1 is 1.10 bits per heavy atom. The Bertz CT molecular complexity index is 520. The third-order valence-corrected chi connectivity index (χ3v) is 3.45. The predicted octanol–water partition coefficient (Wildman–Crippen LogP) is 3.38. The van der Waals surface area contributed by atoms with Crippen molar-refractivity contribution >= 4 is 6.72 Å². The highest BCUT2D eigenvalue weighted by Crippen LogP contribution is 2.14. The maximum absolute atomic E-state index is 4.19. The molecule has 21 heavy (non-hydrogen) atoms. The SMILES string of the molecule is C=NCCCCCCCCn1cc(-c2cccnc2)nn1. The van der Waals surface area contributed by atoms with E-state index in [1.165, 1.54) is 32.1 Å². The first-order valence-electron chi connectivity index (χ1n) is 7.63. The number of nitrogens with zero attached hydrogens (tertiary/aromatic N) is 5. The first-order valence-corrected chi connectivity index (χ1v) is 7.63. The largest absolute Gasteiger partial charge is 0.301 e. The van der Waals surface area contributed by atoms with Crippen LogP contribution in [0.2, 0.25) is 0 Å². The second kappa shape index (κ2) is 9.00. The van der Waals surface area contributed by atoms with Crippen molar-refractivity contribution < 1.29 is 0 Å². The molecule has 0 bridgehead atoms. The summed E-state index contributed by atoms with van der Waals surface area (Å²) in [5.41, 5.74) is 1.90. The molecule has 0 spiro atoms. The molecule has 0 saturated carbocycles. The van der Waals surface area contributed by atoms with E-state index >= 15 is 0 Å². The first kappa shape index (κ1) is 15.4. The van der Waals surface area contributed by atoms with Crippen molar-refractivity contribution in [2.75, 3.05) is 6.54 Å². The van der Waals surface area contributed by atoms with Crippen LogP contribution in [0.5, 0.6) is 0 Å². The number of pyridine rings is 1. The average molecular weight is 285 g/mol. The Balaban J connectivity index is 1.63. The van der Waals surface area contributed by atoms with E-state index in [9.17, 15) is 0 Å². The van der Waals surface area contributed by atoms with E-state index in [1.807, 2.05) is 29.2 Å². The smallest absolute Gasteiger partial charge is 0.114 e. The van der Waals surface area contributed by atoms with Gasteiger partial charge in [0.2, 0.25) is 0 Å². The maximum atomic E-state index is 4.19. The van der Waals surface area contributed by atoms with E-state index < -0.39 is 0 Å². The van der Waals surface area contributed by atoms with Crippen molar-refractivity contribution in [1.29, 1.82) is 0 Å². The van der Waals surface area contributed by atoms with Gasteiger partial charge in [0.05, 0.1) is 6.20 Å². The lowest BCUT2D eigenvalue weighted by Gasteiger charge is -2.01. The second-order valence-electron chi connectivity index (χ2n) is 5.18. The van der Waals surface area contributed by atoms with Gasteiger partial charge in [-0.1, -0.05) is 30.9 Å². The highest BCUT2D eigenvalue weighted by molar-refractivity contribution is 5.55. The Hall–Kier alpha value is -2.04. The fraction of sp³-hybridized carbons (Fsp3) is 0.500. The quantitative estimate of drug-likeness (QED) is 0.496. The van der Waals surface area contributed by atoms with Crippen LogP contribution in [0, 0.1) is 0 Å². The van der Waals surface area contributed by atoms with Crippen LogP contribution in [0.25, 0.3) is 11.3 Å². The lowest BCUT2D eigenvalue weighted by atomic mass is 10.1. The predicted molar refractivity (Wildman–Crippen MR) is 85.4 cm³/mol.